The first-order valence-electron chi connectivity index (χ1n) is 8.09. The van der Waals surface area contributed by atoms with Gasteiger partial charge in [-0.25, -0.2) is 0 Å². The molecule has 0 aromatic rings. The van der Waals surface area contributed by atoms with E-state index in [1.807, 2.05) is 0 Å². The van der Waals surface area contributed by atoms with Crippen molar-refractivity contribution < 1.29 is 4.79 Å². The summed E-state index contributed by atoms with van der Waals surface area (Å²) >= 11 is 0. The Kier molecular flexibility index (Phi) is 5.46. The normalized spacial score (nSPS) is 21.4. The van der Waals surface area contributed by atoms with E-state index in [2.05, 4.69) is 46.9 Å². The minimum atomic E-state index is -0.222. The standard InChI is InChI=1S/C17H33NO/c1-7-12-17(8-2,16(4,5)6)15(19)18-13(3)14-10-9-11-14/h13-14H,7-12H2,1-6H3,(H,18,19)/t13-,17?/m1/s1. The molecule has 0 heterocycles. The molecule has 1 rings (SSSR count). The number of rotatable bonds is 6. The van der Waals surface area contributed by atoms with Crippen LogP contribution in [0.2, 0.25) is 0 Å². The third-order valence-corrected chi connectivity index (χ3v) is 5.37. The highest BCUT2D eigenvalue weighted by Gasteiger charge is 2.46. The SMILES string of the molecule is CCCC(CC)(C(=O)N[C@H](C)C1CCC1)C(C)(C)C. The van der Waals surface area contributed by atoms with Gasteiger partial charge >= 0.3 is 0 Å². The molecular formula is C17H33NO. The molecule has 0 bridgehead atoms. The summed E-state index contributed by atoms with van der Waals surface area (Å²) < 4.78 is 0. The van der Waals surface area contributed by atoms with Crippen LogP contribution < -0.4 is 5.32 Å². The van der Waals surface area contributed by atoms with Gasteiger partial charge in [0, 0.05) is 6.04 Å². The van der Waals surface area contributed by atoms with Crippen molar-refractivity contribution in [2.24, 2.45) is 16.7 Å². The van der Waals surface area contributed by atoms with Crippen LogP contribution >= 0.6 is 0 Å². The zero-order chi connectivity index (χ0) is 14.7. The predicted octanol–water partition coefficient (Wildman–Crippen LogP) is 4.53. The number of hydrogen-bond acceptors (Lipinski definition) is 1. The van der Waals surface area contributed by atoms with Gasteiger partial charge in [-0.15, -0.1) is 0 Å². The molecule has 1 amide bonds. The number of hydrogen-bond donors (Lipinski definition) is 1. The lowest BCUT2D eigenvalue weighted by molar-refractivity contribution is -0.140. The van der Waals surface area contributed by atoms with E-state index in [9.17, 15) is 4.79 Å². The van der Waals surface area contributed by atoms with E-state index in [1.54, 1.807) is 0 Å². The second kappa shape index (κ2) is 6.28. The lowest BCUT2D eigenvalue weighted by Crippen LogP contribution is -2.53. The highest BCUT2D eigenvalue weighted by atomic mass is 16.2. The molecule has 1 fully saturated rings. The minimum absolute atomic E-state index is 0.0151. The van der Waals surface area contributed by atoms with E-state index >= 15 is 0 Å². The Labute approximate surface area is 119 Å². The summed E-state index contributed by atoms with van der Waals surface area (Å²) in [6.07, 6.45) is 6.87. The van der Waals surface area contributed by atoms with Gasteiger partial charge in [-0.2, -0.15) is 0 Å². The molecule has 0 aromatic carbocycles. The maximum Gasteiger partial charge on any atom is 0.226 e. The fourth-order valence-electron chi connectivity index (χ4n) is 3.53. The van der Waals surface area contributed by atoms with E-state index in [1.165, 1.54) is 19.3 Å². The number of carbonyl (C=O) groups excluding carboxylic acids is 1. The summed E-state index contributed by atoms with van der Waals surface area (Å²) in [6.45, 7) is 13.1. The molecule has 0 aliphatic heterocycles. The summed E-state index contributed by atoms with van der Waals surface area (Å²) in [5, 5.41) is 3.33. The molecule has 0 spiro atoms. The monoisotopic (exact) mass is 267 g/mol. The number of amides is 1. The van der Waals surface area contributed by atoms with Crippen LogP contribution in [0.25, 0.3) is 0 Å². The summed E-state index contributed by atoms with van der Waals surface area (Å²) in [7, 11) is 0. The molecule has 2 heteroatoms. The van der Waals surface area contributed by atoms with Gasteiger partial charge in [-0.3, -0.25) is 4.79 Å². The molecule has 1 aliphatic carbocycles. The fraction of sp³-hybridized carbons (Fsp3) is 0.941. The maximum absolute atomic E-state index is 12.9. The Morgan fingerprint density at radius 1 is 1.26 bits per heavy atom. The highest BCUT2D eigenvalue weighted by Crippen LogP contribution is 2.46. The topological polar surface area (TPSA) is 29.1 Å². The summed E-state index contributed by atoms with van der Waals surface area (Å²) in [5.74, 6) is 0.990. The van der Waals surface area contributed by atoms with E-state index < -0.39 is 0 Å². The van der Waals surface area contributed by atoms with Gasteiger partial charge in [0.05, 0.1) is 5.41 Å². The van der Waals surface area contributed by atoms with Gasteiger partial charge in [0.25, 0.3) is 0 Å². The Balaban J connectivity index is 2.81. The Hall–Kier alpha value is -0.530. The molecule has 2 atom stereocenters. The van der Waals surface area contributed by atoms with Crippen LogP contribution in [0.5, 0.6) is 0 Å². The van der Waals surface area contributed by atoms with E-state index in [4.69, 9.17) is 0 Å². The molecule has 1 N–H and O–H groups in total. The summed E-state index contributed by atoms with van der Waals surface area (Å²) in [5.41, 5.74) is -0.207. The lowest BCUT2D eigenvalue weighted by atomic mass is 9.61. The van der Waals surface area contributed by atoms with Crippen molar-refractivity contribution in [3.8, 4) is 0 Å². The molecule has 0 saturated heterocycles. The lowest BCUT2D eigenvalue weighted by Gasteiger charge is -2.44. The predicted molar refractivity (Wildman–Crippen MR) is 82.0 cm³/mol. The molecular weight excluding hydrogens is 234 g/mol. The second-order valence-corrected chi connectivity index (χ2v) is 7.39. The molecule has 1 saturated carbocycles. The van der Waals surface area contributed by atoms with Crippen molar-refractivity contribution in [3.63, 3.8) is 0 Å². The number of nitrogens with one attached hydrogen (secondary N) is 1. The van der Waals surface area contributed by atoms with Gasteiger partial charge in [0.2, 0.25) is 5.91 Å². The smallest absolute Gasteiger partial charge is 0.226 e. The van der Waals surface area contributed by atoms with Gasteiger partial charge in [-0.1, -0.05) is 47.5 Å². The molecule has 1 aliphatic rings. The van der Waals surface area contributed by atoms with Crippen LogP contribution in [0.4, 0.5) is 0 Å². The average molecular weight is 267 g/mol. The first-order chi connectivity index (χ1) is 8.78. The largest absolute Gasteiger partial charge is 0.353 e. The minimum Gasteiger partial charge on any atom is -0.353 e. The molecule has 19 heavy (non-hydrogen) atoms. The third kappa shape index (κ3) is 3.32. The molecule has 112 valence electrons. The van der Waals surface area contributed by atoms with Crippen LogP contribution in [0.15, 0.2) is 0 Å². The van der Waals surface area contributed by atoms with Crippen molar-refractivity contribution in [2.45, 2.75) is 86.1 Å². The van der Waals surface area contributed by atoms with Crippen LogP contribution in [-0.2, 0) is 4.79 Å². The average Bonchev–Trinajstić information content (AvgIpc) is 2.20. The summed E-state index contributed by atoms with van der Waals surface area (Å²) in [6, 6.07) is 0.339. The maximum atomic E-state index is 12.9. The zero-order valence-electron chi connectivity index (χ0n) is 13.8. The van der Waals surface area contributed by atoms with Crippen molar-refractivity contribution in [3.05, 3.63) is 0 Å². The quantitative estimate of drug-likeness (QED) is 0.752. The van der Waals surface area contributed by atoms with Crippen molar-refractivity contribution in [2.75, 3.05) is 0 Å². The van der Waals surface area contributed by atoms with Crippen molar-refractivity contribution in [1.29, 1.82) is 0 Å². The fourth-order valence-corrected chi connectivity index (χ4v) is 3.53. The molecule has 1 unspecified atom stereocenters. The van der Waals surface area contributed by atoms with Crippen LogP contribution in [0, 0.1) is 16.7 Å². The van der Waals surface area contributed by atoms with Crippen molar-refractivity contribution >= 4 is 5.91 Å². The first kappa shape index (κ1) is 16.5. The number of carbonyl (C=O) groups is 1. The molecule has 2 nitrogen and oxygen atoms in total. The van der Waals surface area contributed by atoms with Crippen LogP contribution in [-0.4, -0.2) is 11.9 Å². The van der Waals surface area contributed by atoms with Gasteiger partial charge in [0.15, 0.2) is 0 Å². The third-order valence-electron chi connectivity index (χ3n) is 5.37. The van der Waals surface area contributed by atoms with E-state index in [0.717, 1.165) is 19.3 Å². The Morgan fingerprint density at radius 2 is 1.84 bits per heavy atom. The van der Waals surface area contributed by atoms with E-state index in [0.29, 0.717) is 12.0 Å². The van der Waals surface area contributed by atoms with Crippen molar-refractivity contribution in [1.82, 2.24) is 5.32 Å². The second-order valence-electron chi connectivity index (χ2n) is 7.39. The summed E-state index contributed by atoms with van der Waals surface area (Å²) in [4.78, 5) is 12.9. The van der Waals surface area contributed by atoms with Crippen LogP contribution in [0.1, 0.15) is 80.1 Å². The Morgan fingerprint density at radius 3 is 2.16 bits per heavy atom. The highest BCUT2D eigenvalue weighted by molar-refractivity contribution is 5.83. The van der Waals surface area contributed by atoms with Gasteiger partial charge in [-0.05, 0) is 43.9 Å². The van der Waals surface area contributed by atoms with Gasteiger partial charge < -0.3 is 5.32 Å². The molecule has 0 radical (unpaired) electrons. The van der Waals surface area contributed by atoms with Gasteiger partial charge in [0.1, 0.15) is 0 Å². The Bertz CT molecular complexity index is 301. The molecule has 0 aromatic heterocycles. The zero-order valence-corrected chi connectivity index (χ0v) is 13.8. The van der Waals surface area contributed by atoms with Crippen LogP contribution in [0.3, 0.4) is 0 Å². The first-order valence-corrected chi connectivity index (χ1v) is 8.09. The van der Waals surface area contributed by atoms with E-state index in [-0.39, 0.29) is 16.7 Å².